The minimum atomic E-state index is -1.34. The third-order valence-corrected chi connectivity index (χ3v) is 6.39. The number of carbonyl (C=O) groups is 1. The van der Waals surface area contributed by atoms with E-state index in [1.54, 1.807) is 0 Å². The summed E-state index contributed by atoms with van der Waals surface area (Å²) in [6.45, 7) is 0. The van der Waals surface area contributed by atoms with E-state index in [1.807, 2.05) is 0 Å². The zero-order valence-corrected chi connectivity index (χ0v) is 13.9. The Balaban J connectivity index is 1.60. The fourth-order valence-electron chi connectivity index (χ4n) is 5.00. The molecule has 0 spiro atoms. The Labute approximate surface area is 143 Å². The second kappa shape index (κ2) is 5.25. The van der Waals surface area contributed by atoms with Gasteiger partial charge in [-0.05, 0) is 55.9 Å². The lowest BCUT2D eigenvalue weighted by atomic mass is 9.54. The van der Waals surface area contributed by atoms with Crippen LogP contribution in [-0.2, 0) is 0 Å². The van der Waals surface area contributed by atoms with Crippen molar-refractivity contribution in [2.45, 2.75) is 43.1 Å². The van der Waals surface area contributed by atoms with E-state index in [4.69, 9.17) is 33.0 Å². The summed E-state index contributed by atoms with van der Waals surface area (Å²) in [6, 6.07) is 2.21. The zero-order valence-electron chi connectivity index (χ0n) is 12.4. The van der Waals surface area contributed by atoms with Crippen LogP contribution in [0.5, 0.6) is 5.75 Å². The second-order valence-corrected chi connectivity index (χ2v) is 8.48. The third-order valence-electron chi connectivity index (χ3n) is 5.63. The normalized spacial score (nSPS) is 37.9. The van der Waals surface area contributed by atoms with Crippen LogP contribution in [-0.4, -0.2) is 22.1 Å². The number of rotatable bonds is 3. The lowest BCUT2D eigenvalue weighted by Gasteiger charge is -2.57. The molecule has 4 aliphatic rings. The maximum atomic E-state index is 13.9. The van der Waals surface area contributed by atoms with Gasteiger partial charge in [0.2, 0.25) is 0 Å². The first-order valence-corrected chi connectivity index (χ1v) is 8.68. The third kappa shape index (κ3) is 2.60. The molecule has 23 heavy (non-hydrogen) atoms. The van der Waals surface area contributed by atoms with Crippen LogP contribution in [0, 0.1) is 23.6 Å². The molecule has 2 unspecified atom stereocenters. The first-order valence-electron chi connectivity index (χ1n) is 7.92. The van der Waals surface area contributed by atoms with Crippen molar-refractivity contribution in [3.05, 3.63) is 28.5 Å². The van der Waals surface area contributed by atoms with E-state index in [-0.39, 0.29) is 21.8 Å². The maximum absolute atomic E-state index is 13.9. The molecular weight excluding hydrogens is 342 g/mol. The summed E-state index contributed by atoms with van der Waals surface area (Å²) in [5, 5.41) is 9.08. The summed E-state index contributed by atoms with van der Waals surface area (Å²) in [7, 11) is 0. The smallest absolute Gasteiger partial charge is 0.338 e. The van der Waals surface area contributed by atoms with Crippen LogP contribution in [0.2, 0.25) is 5.02 Å². The first kappa shape index (κ1) is 15.5. The van der Waals surface area contributed by atoms with Gasteiger partial charge in [-0.3, -0.25) is 0 Å². The summed E-state index contributed by atoms with van der Waals surface area (Å²) >= 11 is 12.8. The molecule has 0 aliphatic heterocycles. The standard InChI is InChI=1S/C17H17Cl2FO3/c18-12-3-11(16(21)22)13(20)4-14(12)23-15-9-1-8-2-10(15)7-17(19,5-8)6-9/h3-4,8-10,15H,1-2,5-7H2,(H,21,22). The summed E-state index contributed by atoms with van der Waals surface area (Å²) in [5.74, 6) is -0.514. The van der Waals surface area contributed by atoms with Gasteiger partial charge in [0.1, 0.15) is 17.7 Å². The van der Waals surface area contributed by atoms with Crippen molar-refractivity contribution >= 4 is 29.2 Å². The van der Waals surface area contributed by atoms with Gasteiger partial charge in [-0.2, -0.15) is 0 Å². The van der Waals surface area contributed by atoms with Gasteiger partial charge in [-0.25, -0.2) is 9.18 Å². The van der Waals surface area contributed by atoms with E-state index in [2.05, 4.69) is 0 Å². The minimum Gasteiger partial charge on any atom is -0.488 e. The van der Waals surface area contributed by atoms with Crippen molar-refractivity contribution in [3.8, 4) is 5.75 Å². The molecule has 4 fully saturated rings. The van der Waals surface area contributed by atoms with E-state index in [0.717, 1.165) is 44.2 Å². The van der Waals surface area contributed by atoms with Crippen LogP contribution in [0.1, 0.15) is 42.5 Å². The molecule has 1 aromatic rings. The summed E-state index contributed by atoms with van der Waals surface area (Å²) < 4.78 is 20.0. The average Bonchev–Trinajstić information content (AvgIpc) is 2.43. The summed E-state index contributed by atoms with van der Waals surface area (Å²) in [4.78, 5) is 10.9. The lowest BCUT2D eigenvalue weighted by molar-refractivity contribution is -0.0697. The van der Waals surface area contributed by atoms with Gasteiger partial charge in [0.15, 0.2) is 0 Å². The summed E-state index contributed by atoms with van der Waals surface area (Å²) in [6.07, 6.45) is 5.15. The lowest BCUT2D eigenvalue weighted by Crippen LogP contribution is -2.56. The van der Waals surface area contributed by atoms with Gasteiger partial charge < -0.3 is 9.84 Å². The Morgan fingerprint density at radius 2 is 1.91 bits per heavy atom. The van der Waals surface area contributed by atoms with E-state index < -0.39 is 17.3 Å². The molecule has 1 aromatic carbocycles. The van der Waals surface area contributed by atoms with Gasteiger partial charge >= 0.3 is 5.97 Å². The van der Waals surface area contributed by atoms with Gasteiger partial charge in [0, 0.05) is 10.9 Å². The molecule has 4 aliphatic carbocycles. The van der Waals surface area contributed by atoms with Crippen molar-refractivity contribution in [3.63, 3.8) is 0 Å². The highest BCUT2D eigenvalue weighted by Gasteiger charge is 2.55. The van der Waals surface area contributed by atoms with Gasteiger partial charge in [0.25, 0.3) is 0 Å². The molecule has 0 saturated heterocycles. The van der Waals surface area contributed by atoms with Crippen LogP contribution in [0.15, 0.2) is 12.1 Å². The molecule has 1 N–H and O–H groups in total. The molecular formula is C17H17Cl2FO3. The Bertz CT molecular complexity index is 662. The minimum absolute atomic E-state index is 0.00833. The molecule has 0 aromatic heterocycles. The van der Waals surface area contributed by atoms with Crippen molar-refractivity contribution in [1.82, 2.24) is 0 Å². The maximum Gasteiger partial charge on any atom is 0.338 e. The van der Waals surface area contributed by atoms with E-state index in [0.29, 0.717) is 17.8 Å². The number of ether oxygens (including phenoxy) is 1. The molecule has 124 valence electrons. The number of aromatic carboxylic acids is 1. The number of carboxylic acids is 1. The number of halogens is 3. The molecule has 5 rings (SSSR count). The van der Waals surface area contributed by atoms with E-state index in [1.165, 1.54) is 0 Å². The monoisotopic (exact) mass is 358 g/mol. The summed E-state index contributed by atoms with van der Waals surface area (Å²) in [5.41, 5.74) is -0.438. The molecule has 0 amide bonds. The zero-order chi connectivity index (χ0) is 16.4. The predicted octanol–water partition coefficient (Wildman–Crippen LogP) is 4.74. The average molecular weight is 359 g/mol. The molecule has 4 bridgehead atoms. The number of carboxylic acid groups (broad SMARTS) is 1. The number of hydrogen-bond acceptors (Lipinski definition) is 2. The fourth-order valence-corrected chi connectivity index (χ4v) is 5.82. The van der Waals surface area contributed by atoms with Crippen LogP contribution >= 0.6 is 23.2 Å². The van der Waals surface area contributed by atoms with Crippen LogP contribution in [0.25, 0.3) is 0 Å². The van der Waals surface area contributed by atoms with Crippen molar-refractivity contribution < 1.29 is 19.0 Å². The quantitative estimate of drug-likeness (QED) is 0.793. The molecule has 6 heteroatoms. The number of hydrogen-bond donors (Lipinski definition) is 1. The Morgan fingerprint density at radius 1 is 1.26 bits per heavy atom. The SMILES string of the molecule is O=C(O)c1cc(Cl)c(OC2C3CC4CC2CC(Cl)(C4)C3)cc1F. The van der Waals surface area contributed by atoms with Crippen LogP contribution in [0.3, 0.4) is 0 Å². The molecule has 0 radical (unpaired) electrons. The van der Waals surface area contributed by atoms with Gasteiger partial charge in [0.05, 0.1) is 10.6 Å². The van der Waals surface area contributed by atoms with Crippen molar-refractivity contribution in [2.75, 3.05) is 0 Å². The highest BCUT2D eigenvalue weighted by molar-refractivity contribution is 6.32. The van der Waals surface area contributed by atoms with Gasteiger partial charge in [-0.1, -0.05) is 11.6 Å². The predicted molar refractivity (Wildman–Crippen MR) is 84.9 cm³/mol. The van der Waals surface area contributed by atoms with Crippen molar-refractivity contribution in [2.24, 2.45) is 17.8 Å². The fraction of sp³-hybridized carbons (Fsp3) is 0.588. The van der Waals surface area contributed by atoms with E-state index >= 15 is 0 Å². The number of benzene rings is 1. The molecule has 2 atom stereocenters. The molecule has 3 nitrogen and oxygen atoms in total. The highest BCUT2D eigenvalue weighted by Crippen LogP contribution is 2.59. The Hall–Kier alpha value is -1.00. The van der Waals surface area contributed by atoms with Crippen LogP contribution in [0.4, 0.5) is 4.39 Å². The second-order valence-electron chi connectivity index (χ2n) is 7.27. The largest absolute Gasteiger partial charge is 0.488 e. The van der Waals surface area contributed by atoms with Crippen molar-refractivity contribution in [1.29, 1.82) is 0 Å². The number of alkyl halides is 1. The first-order chi connectivity index (χ1) is 10.8. The van der Waals surface area contributed by atoms with Gasteiger partial charge in [-0.15, -0.1) is 11.6 Å². The van der Waals surface area contributed by atoms with Crippen LogP contribution < -0.4 is 4.74 Å². The topological polar surface area (TPSA) is 46.5 Å². The van der Waals surface area contributed by atoms with E-state index in [9.17, 15) is 9.18 Å². The highest BCUT2D eigenvalue weighted by atomic mass is 35.5. The Kier molecular flexibility index (Phi) is 3.54. The molecule has 4 saturated carbocycles. The molecule has 0 heterocycles. The Morgan fingerprint density at radius 3 is 2.48 bits per heavy atom.